The van der Waals surface area contributed by atoms with E-state index in [1.54, 1.807) is 18.2 Å². The second-order valence-electron chi connectivity index (χ2n) is 7.18. The molecule has 0 fully saturated rings. The maximum atomic E-state index is 11.1. The predicted octanol–water partition coefficient (Wildman–Crippen LogP) is 5.96. The highest BCUT2D eigenvalue weighted by atomic mass is 16.5. The summed E-state index contributed by atoms with van der Waals surface area (Å²) in [6, 6.07) is 13.9. The van der Waals surface area contributed by atoms with Crippen molar-refractivity contribution in [3.63, 3.8) is 0 Å². The van der Waals surface area contributed by atoms with Gasteiger partial charge in [0.25, 0.3) is 0 Å². The topological polar surface area (TPSA) is 46.5 Å². The number of hydrogen-bond donors (Lipinski definition) is 1. The second kappa shape index (κ2) is 8.88. The summed E-state index contributed by atoms with van der Waals surface area (Å²) in [5, 5.41) is 9.11. The molecule has 0 aliphatic carbocycles. The first-order valence-corrected chi connectivity index (χ1v) is 9.79. The summed E-state index contributed by atoms with van der Waals surface area (Å²) >= 11 is 0. The van der Waals surface area contributed by atoms with Gasteiger partial charge in [-0.05, 0) is 60.6 Å². The number of hydrogen-bond acceptors (Lipinski definition) is 2. The summed E-state index contributed by atoms with van der Waals surface area (Å²) in [5.74, 6) is -0.0774. The zero-order valence-corrected chi connectivity index (χ0v) is 15.5. The molecule has 1 aliphatic rings. The molecule has 26 heavy (non-hydrogen) atoms. The van der Waals surface area contributed by atoms with E-state index in [-0.39, 0.29) is 6.10 Å². The molecular formula is C23H28O3. The monoisotopic (exact) mass is 352 g/mol. The van der Waals surface area contributed by atoms with Gasteiger partial charge in [-0.25, -0.2) is 4.79 Å². The zero-order valence-electron chi connectivity index (χ0n) is 15.5. The highest BCUT2D eigenvalue weighted by Crippen LogP contribution is 2.35. The third-order valence-corrected chi connectivity index (χ3v) is 5.17. The summed E-state index contributed by atoms with van der Waals surface area (Å²) in [5.41, 5.74) is 3.92. The molecule has 1 atom stereocenters. The minimum atomic E-state index is -0.889. The van der Waals surface area contributed by atoms with Crippen molar-refractivity contribution in [2.24, 2.45) is 0 Å². The lowest BCUT2D eigenvalue weighted by Crippen LogP contribution is -2.15. The molecule has 0 spiro atoms. The van der Waals surface area contributed by atoms with E-state index in [9.17, 15) is 4.79 Å². The van der Waals surface area contributed by atoms with E-state index in [4.69, 9.17) is 9.84 Å². The highest BCUT2D eigenvalue weighted by molar-refractivity contribution is 5.88. The average Bonchev–Trinajstić information content (AvgIpc) is 2.67. The van der Waals surface area contributed by atoms with Crippen molar-refractivity contribution in [3.8, 4) is 5.75 Å². The van der Waals surface area contributed by atoms with Crippen molar-refractivity contribution < 1.29 is 14.6 Å². The second-order valence-corrected chi connectivity index (χ2v) is 7.18. The fourth-order valence-corrected chi connectivity index (χ4v) is 3.59. The lowest BCUT2D eigenvalue weighted by Gasteiger charge is -2.26. The molecular weight excluding hydrogens is 324 g/mol. The Kier molecular flexibility index (Phi) is 6.32. The summed E-state index contributed by atoms with van der Waals surface area (Å²) in [4.78, 5) is 11.1. The van der Waals surface area contributed by atoms with Gasteiger partial charge < -0.3 is 9.84 Å². The minimum Gasteiger partial charge on any atom is -0.485 e. The smallest absolute Gasteiger partial charge is 0.335 e. The van der Waals surface area contributed by atoms with Gasteiger partial charge >= 0.3 is 5.97 Å². The van der Waals surface area contributed by atoms with Gasteiger partial charge in [-0.3, -0.25) is 0 Å². The van der Waals surface area contributed by atoms with Crippen LogP contribution in [0.4, 0.5) is 0 Å². The summed E-state index contributed by atoms with van der Waals surface area (Å²) in [6.07, 6.45) is 9.48. The molecule has 0 amide bonds. The van der Waals surface area contributed by atoms with Crippen LogP contribution in [0, 0.1) is 0 Å². The van der Waals surface area contributed by atoms with E-state index in [1.807, 2.05) is 0 Å². The fourth-order valence-electron chi connectivity index (χ4n) is 3.59. The summed E-state index contributed by atoms with van der Waals surface area (Å²) in [7, 11) is 0. The average molecular weight is 352 g/mol. The highest BCUT2D eigenvalue weighted by Gasteiger charge is 2.22. The van der Waals surface area contributed by atoms with E-state index in [1.165, 1.54) is 43.2 Å². The summed E-state index contributed by atoms with van der Waals surface area (Å²) in [6.45, 7) is 2.25. The molecule has 3 rings (SSSR count). The lowest BCUT2D eigenvalue weighted by atomic mass is 9.95. The van der Waals surface area contributed by atoms with E-state index in [0.717, 1.165) is 30.6 Å². The number of aromatic carboxylic acids is 1. The van der Waals surface area contributed by atoms with Gasteiger partial charge in [-0.15, -0.1) is 0 Å². The normalized spacial score (nSPS) is 16.0. The van der Waals surface area contributed by atoms with Gasteiger partial charge in [0, 0.05) is 0 Å². The van der Waals surface area contributed by atoms with Crippen molar-refractivity contribution in [2.45, 2.75) is 64.4 Å². The molecule has 2 aromatic carbocycles. The minimum absolute atomic E-state index is 0.0526. The van der Waals surface area contributed by atoms with Crippen molar-refractivity contribution >= 4 is 5.97 Å². The molecule has 1 heterocycles. The maximum Gasteiger partial charge on any atom is 0.335 e. The first-order valence-electron chi connectivity index (χ1n) is 9.79. The van der Waals surface area contributed by atoms with Crippen LogP contribution >= 0.6 is 0 Å². The first-order chi connectivity index (χ1) is 12.7. The van der Waals surface area contributed by atoms with Crippen molar-refractivity contribution in [3.05, 3.63) is 64.7 Å². The lowest BCUT2D eigenvalue weighted by molar-refractivity contribution is 0.0696. The van der Waals surface area contributed by atoms with Crippen LogP contribution in [0.25, 0.3) is 0 Å². The van der Waals surface area contributed by atoms with Gasteiger partial charge in [0.1, 0.15) is 11.9 Å². The maximum absolute atomic E-state index is 11.1. The van der Waals surface area contributed by atoms with Crippen LogP contribution in [0.5, 0.6) is 5.75 Å². The Labute approximate surface area is 156 Å². The Morgan fingerprint density at radius 2 is 1.85 bits per heavy atom. The Hall–Kier alpha value is -2.29. The van der Waals surface area contributed by atoms with Crippen LogP contribution in [0.3, 0.4) is 0 Å². The third kappa shape index (κ3) is 4.66. The predicted molar refractivity (Wildman–Crippen MR) is 104 cm³/mol. The molecule has 0 aromatic heterocycles. The molecule has 0 saturated heterocycles. The summed E-state index contributed by atoms with van der Waals surface area (Å²) < 4.78 is 6.13. The van der Waals surface area contributed by atoms with Crippen LogP contribution in [0.15, 0.2) is 42.5 Å². The van der Waals surface area contributed by atoms with E-state index >= 15 is 0 Å². The molecule has 1 N–H and O–H groups in total. The third-order valence-electron chi connectivity index (χ3n) is 5.17. The SMILES string of the molecule is CCCCCCCc1ccc([C@@H]2CCc3cc(C(=O)O)ccc3O2)cc1. The van der Waals surface area contributed by atoms with Gasteiger partial charge in [0.2, 0.25) is 0 Å². The van der Waals surface area contributed by atoms with Crippen LogP contribution < -0.4 is 4.74 Å². The quantitative estimate of drug-likeness (QED) is 0.596. The molecule has 1 aliphatic heterocycles. The molecule has 138 valence electrons. The number of fused-ring (bicyclic) bond motifs is 1. The standard InChI is InChI=1S/C23H28O3/c1-2-3-4-5-6-7-17-8-10-18(11-9-17)21-14-12-19-16-20(23(24)25)13-15-22(19)26-21/h8-11,13,15-16,21H,2-7,12,14H2,1H3,(H,24,25)/t21-/m0/s1. The Morgan fingerprint density at radius 1 is 1.08 bits per heavy atom. The van der Waals surface area contributed by atoms with Crippen LogP contribution in [-0.2, 0) is 12.8 Å². The number of unbranched alkanes of at least 4 members (excludes halogenated alkanes) is 4. The van der Waals surface area contributed by atoms with E-state index < -0.39 is 5.97 Å². The number of benzene rings is 2. The van der Waals surface area contributed by atoms with E-state index in [0.29, 0.717) is 5.56 Å². The number of carboxylic acids is 1. The number of carboxylic acid groups (broad SMARTS) is 1. The molecule has 3 heteroatoms. The first kappa shape index (κ1) is 18.5. The zero-order chi connectivity index (χ0) is 18.4. The van der Waals surface area contributed by atoms with Gasteiger partial charge in [-0.2, -0.15) is 0 Å². The fraction of sp³-hybridized carbons (Fsp3) is 0.435. The Balaban J connectivity index is 1.57. The van der Waals surface area contributed by atoms with Crippen LogP contribution in [-0.4, -0.2) is 11.1 Å². The Bertz CT molecular complexity index is 734. The number of rotatable bonds is 8. The molecule has 2 aromatic rings. The van der Waals surface area contributed by atoms with E-state index in [2.05, 4.69) is 31.2 Å². The van der Waals surface area contributed by atoms with Crippen LogP contribution in [0.2, 0.25) is 0 Å². The molecule has 0 bridgehead atoms. The number of aryl methyl sites for hydroxylation is 2. The Morgan fingerprint density at radius 3 is 2.58 bits per heavy atom. The van der Waals surface area contributed by atoms with Gasteiger partial charge in [0.15, 0.2) is 0 Å². The van der Waals surface area contributed by atoms with Crippen molar-refractivity contribution in [1.29, 1.82) is 0 Å². The number of carbonyl (C=O) groups is 1. The molecule has 3 nitrogen and oxygen atoms in total. The molecule has 0 unspecified atom stereocenters. The molecule has 0 radical (unpaired) electrons. The van der Waals surface area contributed by atoms with Crippen molar-refractivity contribution in [2.75, 3.05) is 0 Å². The number of ether oxygens (including phenoxy) is 1. The van der Waals surface area contributed by atoms with Crippen LogP contribution in [0.1, 0.15) is 78.6 Å². The van der Waals surface area contributed by atoms with Gasteiger partial charge in [-0.1, -0.05) is 56.9 Å². The largest absolute Gasteiger partial charge is 0.485 e. The van der Waals surface area contributed by atoms with Gasteiger partial charge in [0.05, 0.1) is 5.56 Å². The molecule has 0 saturated carbocycles. The van der Waals surface area contributed by atoms with Crippen molar-refractivity contribution in [1.82, 2.24) is 0 Å².